The van der Waals surface area contributed by atoms with Crippen LogP contribution in [0.3, 0.4) is 0 Å². The minimum absolute atomic E-state index is 0.241. The van der Waals surface area contributed by atoms with Gasteiger partial charge in [-0.25, -0.2) is 4.39 Å². The number of fused-ring (bicyclic) bond motifs is 1. The number of nitrogens with one attached hydrogen (secondary N) is 1. The lowest BCUT2D eigenvalue weighted by Gasteiger charge is -2.00. The van der Waals surface area contributed by atoms with Crippen LogP contribution in [0.25, 0.3) is 11.0 Å². The smallest absolute Gasteiger partial charge is 0.149 e. The van der Waals surface area contributed by atoms with Crippen molar-refractivity contribution < 1.29 is 8.81 Å². The normalized spacial score (nSPS) is 11.3. The number of aryl methyl sites for hydroxylation is 1. The number of halogens is 2. The van der Waals surface area contributed by atoms with Gasteiger partial charge in [0.2, 0.25) is 0 Å². The zero-order valence-corrected chi connectivity index (χ0v) is 11.5. The van der Waals surface area contributed by atoms with Crippen LogP contribution in [-0.2, 0) is 13.0 Å². The zero-order valence-electron chi connectivity index (χ0n) is 9.94. The summed E-state index contributed by atoms with van der Waals surface area (Å²) in [6, 6.07) is 2.97. The molecule has 2 nitrogen and oxygen atoms in total. The summed E-state index contributed by atoms with van der Waals surface area (Å²) >= 11 is 3.34. The molecule has 0 atom stereocenters. The van der Waals surface area contributed by atoms with E-state index in [9.17, 15) is 4.39 Å². The first-order valence-corrected chi connectivity index (χ1v) is 6.56. The molecular weight excluding hydrogens is 285 g/mol. The summed E-state index contributed by atoms with van der Waals surface area (Å²) < 4.78 is 19.9. The lowest BCUT2D eigenvalue weighted by molar-refractivity contribution is 0.512. The Morgan fingerprint density at radius 3 is 2.76 bits per heavy atom. The first-order chi connectivity index (χ1) is 8.17. The predicted octanol–water partition coefficient (Wildman–Crippen LogP) is 4.01. The van der Waals surface area contributed by atoms with Gasteiger partial charge in [0.25, 0.3) is 0 Å². The lowest BCUT2D eigenvalue weighted by atomic mass is 10.1. The monoisotopic (exact) mass is 299 g/mol. The van der Waals surface area contributed by atoms with E-state index in [0.29, 0.717) is 11.0 Å². The van der Waals surface area contributed by atoms with Gasteiger partial charge >= 0.3 is 0 Å². The fourth-order valence-electron chi connectivity index (χ4n) is 1.99. The fraction of sp³-hybridized carbons (Fsp3) is 0.385. The van der Waals surface area contributed by atoms with Crippen molar-refractivity contribution in [3.8, 4) is 0 Å². The van der Waals surface area contributed by atoms with Crippen LogP contribution in [0.15, 0.2) is 21.0 Å². The number of furan rings is 1. The van der Waals surface area contributed by atoms with Gasteiger partial charge in [-0.1, -0.05) is 13.8 Å². The molecular formula is C13H15BrFNO. The Balaban J connectivity index is 2.58. The molecule has 1 heterocycles. The summed E-state index contributed by atoms with van der Waals surface area (Å²) in [5.41, 5.74) is 1.82. The molecule has 0 aliphatic heterocycles. The van der Waals surface area contributed by atoms with E-state index in [-0.39, 0.29) is 5.82 Å². The molecule has 1 N–H and O–H groups in total. The Bertz CT molecular complexity index is 536. The standard InChI is InChI=1S/C13H15BrFNO/c1-3-9-10-5-8(15)6-11(14)13(10)17-12(9)7-16-4-2/h5-6,16H,3-4,7H2,1-2H3. The van der Waals surface area contributed by atoms with Gasteiger partial charge in [0.05, 0.1) is 11.0 Å². The van der Waals surface area contributed by atoms with Crippen molar-refractivity contribution in [2.24, 2.45) is 0 Å². The molecule has 0 fully saturated rings. The SMILES string of the molecule is CCNCc1oc2c(Br)cc(F)cc2c1CC. The van der Waals surface area contributed by atoms with Crippen molar-refractivity contribution >= 4 is 26.9 Å². The van der Waals surface area contributed by atoms with Crippen LogP contribution in [0.1, 0.15) is 25.2 Å². The van der Waals surface area contributed by atoms with Gasteiger partial charge in [0.15, 0.2) is 0 Å². The third-order valence-corrected chi connectivity index (χ3v) is 3.37. The van der Waals surface area contributed by atoms with E-state index in [0.717, 1.165) is 35.3 Å². The van der Waals surface area contributed by atoms with Crippen molar-refractivity contribution in [3.63, 3.8) is 0 Å². The summed E-state index contributed by atoms with van der Waals surface area (Å²) in [5, 5.41) is 4.10. The third-order valence-electron chi connectivity index (χ3n) is 2.78. The zero-order chi connectivity index (χ0) is 12.4. The molecule has 17 heavy (non-hydrogen) atoms. The van der Waals surface area contributed by atoms with Gasteiger partial charge < -0.3 is 9.73 Å². The highest BCUT2D eigenvalue weighted by Crippen LogP contribution is 2.32. The molecule has 0 bridgehead atoms. The van der Waals surface area contributed by atoms with Crippen molar-refractivity contribution in [3.05, 3.63) is 33.7 Å². The van der Waals surface area contributed by atoms with Crippen LogP contribution >= 0.6 is 15.9 Å². The maximum absolute atomic E-state index is 13.4. The molecule has 4 heteroatoms. The Kier molecular flexibility index (Phi) is 3.84. The summed E-state index contributed by atoms with van der Waals surface area (Å²) in [6.45, 7) is 5.67. The van der Waals surface area contributed by atoms with Crippen LogP contribution in [0.5, 0.6) is 0 Å². The van der Waals surface area contributed by atoms with E-state index < -0.39 is 0 Å². The van der Waals surface area contributed by atoms with Crippen LogP contribution < -0.4 is 5.32 Å². The van der Waals surface area contributed by atoms with Crippen molar-refractivity contribution in [2.75, 3.05) is 6.54 Å². The van der Waals surface area contributed by atoms with Gasteiger partial charge in [0, 0.05) is 10.9 Å². The van der Waals surface area contributed by atoms with E-state index in [1.807, 2.05) is 6.92 Å². The first kappa shape index (κ1) is 12.6. The highest BCUT2D eigenvalue weighted by atomic mass is 79.9. The molecule has 0 amide bonds. The molecule has 0 saturated carbocycles. The number of hydrogen-bond donors (Lipinski definition) is 1. The van der Waals surface area contributed by atoms with Crippen molar-refractivity contribution in [2.45, 2.75) is 26.8 Å². The fourth-order valence-corrected chi connectivity index (χ4v) is 2.51. The predicted molar refractivity (Wildman–Crippen MR) is 70.6 cm³/mol. The molecule has 2 rings (SSSR count). The second kappa shape index (κ2) is 5.19. The Morgan fingerprint density at radius 1 is 1.35 bits per heavy atom. The molecule has 1 aromatic heterocycles. The van der Waals surface area contributed by atoms with Crippen LogP contribution in [0, 0.1) is 5.82 Å². The molecule has 1 aromatic carbocycles. The average Bonchev–Trinajstić information content (AvgIpc) is 2.64. The summed E-state index contributed by atoms with van der Waals surface area (Å²) in [5.74, 6) is 0.658. The molecule has 0 radical (unpaired) electrons. The van der Waals surface area contributed by atoms with Crippen LogP contribution in [-0.4, -0.2) is 6.54 Å². The molecule has 0 spiro atoms. The number of hydrogen-bond acceptors (Lipinski definition) is 2. The van der Waals surface area contributed by atoms with Gasteiger partial charge in [0.1, 0.15) is 17.2 Å². The third kappa shape index (κ3) is 2.38. The topological polar surface area (TPSA) is 25.2 Å². The minimum Gasteiger partial charge on any atom is -0.458 e. The van der Waals surface area contributed by atoms with Gasteiger partial charge in [-0.05, 0) is 41.0 Å². The second-order valence-corrected chi connectivity index (χ2v) is 4.76. The Labute approximate surface area is 108 Å². The largest absolute Gasteiger partial charge is 0.458 e. The van der Waals surface area contributed by atoms with Crippen molar-refractivity contribution in [1.82, 2.24) is 5.32 Å². The van der Waals surface area contributed by atoms with Gasteiger partial charge in [-0.3, -0.25) is 0 Å². The van der Waals surface area contributed by atoms with Crippen molar-refractivity contribution in [1.29, 1.82) is 0 Å². The average molecular weight is 300 g/mol. The van der Waals surface area contributed by atoms with E-state index in [2.05, 4.69) is 28.2 Å². The maximum Gasteiger partial charge on any atom is 0.149 e. The quantitative estimate of drug-likeness (QED) is 0.923. The molecule has 0 aliphatic rings. The minimum atomic E-state index is -0.241. The number of benzene rings is 1. The number of rotatable bonds is 4. The molecule has 2 aromatic rings. The highest BCUT2D eigenvalue weighted by Gasteiger charge is 2.15. The van der Waals surface area contributed by atoms with E-state index in [1.165, 1.54) is 12.1 Å². The van der Waals surface area contributed by atoms with Crippen LogP contribution in [0.4, 0.5) is 4.39 Å². The first-order valence-electron chi connectivity index (χ1n) is 5.77. The summed E-state index contributed by atoms with van der Waals surface area (Å²) in [7, 11) is 0. The van der Waals surface area contributed by atoms with E-state index >= 15 is 0 Å². The molecule has 0 aliphatic carbocycles. The van der Waals surface area contributed by atoms with Crippen LogP contribution in [0.2, 0.25) is 0 Å². The lowest BCUT2D eigenvalue weighted by Crippen LogP contribution is -2.12. The molecule has 92 valence electrons. The molecule has 0 saturated heterocycles. The summed E-state index contributed by atoms with van der Waals surface area (Å²) in [4.78, 5) is 0. The second-order valence-electron chi connectivity index (χ2n) is 3.90. The summed E-state index contributed by atoms with van der Waals surface area (Å²) in [6.07, 6.45) is 0.837. The van der Waals surface area contributed by atoms with Gasteiger partial charge in [-0.2, -0.15) is 0 Å². The Hall–Kier alpha value is -0.870. The van der Waals surface area contributed by atoms with E-state index in [4.69, 9.17) is 4.42 Å². The maximum atomic E-state index is 13.4. The van der Waals surface area contributed by atoms with E-state index in [1.54, 1.807) is 0 Å². The van der Waals surface area contributed by atoms with Gasteiger partial charge in [-0.15, -0.1) is 0 Å². The molecule has 0 unspecified atom stereocenters. The highest BCUT2D eigenvalue weighted by molar-refractivity contribution is 9.10. The Morgan fingerprint density at radius 2 is 2.12 bits per heavy atom.